The number of nitrogens with zero attached hydrogens (tertiary/aromatic N) is 1. The molecule has 1 nitrogen and oxygen atoms in total. The molecule has 13 heavy (non-hydrogen) atoms. The van der Waals surface area contributed by atoms with Crippen molar-refractivity contribution in [1.29, 1.82) is 0 Å². The third-order valence-corrected chi connectivity index (χ3v) is 3.57. The topological polar surface area (TPSA) is 3.01 Å². The summed E-state index contributed by atoms with van der Waals surface area (Å²) in [5.41, 5.74) is 0. The maximum absolute atomic E-state index is 2.67. The largest absolute Gasteiger partial charge is 0.298 e. The fraction of sp³-hybridized carbons (Fsp3) is 1.00. The lowest BCUT2D eigenvalue weighted by Crippen LogP contribution is -2.18. The lowest BCUT2D eigenvalue weighted by Gasteiger charge is -2.19. The Bertz CT molecular complexity index is 130. The van der Waals surface area contributed by atoms with Crippen LogP contribution in [0.25, 0.3) is 0 Å². The van der Waals surface area contributed by atoms with Crippen LogP contribution in [0.15, 0.2) is 0 Å². The summed E-state index contributed by atoms with van der Waals surface area (Å²) in [4.78, 5) is 2.67. The van der Waals surface area contributed by atoms with E-state index in [4.69, 9.17) is 0 Å². The zero-order valence-electron chi connectivity index (χ0n) is 8.80. The van der Waals surface area contributed by atoms with Gasteiger partial charge in [-0.25, -0.2) is 0 Å². The third-order valence-electron chi connectivity index (χ3n) is 3.57. The maximum Gasteiger partial charge on any atom is 0.0113 e. The molecule has 0 radical (unpaired) electrons. The molecule has 2 rings (SSSR count). The van der Waals surface area contributed by atoms with Crippen molar-refractivity contribution in [2.45, 2.75) is 63.8 Å². The second-order valence-corrected chi connectivity index (χ2v) is 4.74. The molecule has 2 fully saturated rings. The highest BCUT2D eigenvalue weighted by atomic mass is 15.3. The van der Waals surface area contributed by atoms with Crippen molar-refractivity contribution in [1.82, 2.24) is 4.90 Å². The summed E-state index contributed by atoms with van der Waals surface area (Å²) in [6, 6.07) is 0.970. The normalized spacial score (nSPS) is 28.6. The molecule has 0 N–H and O–H groups in total. The van der Waals surface area contributed by atoms with Gasteiger partial charge in [0.25, 0.3) is 0 Å². The van der Waals surface area contributed by atoms with Crippen molar-refractivity contribution in [2.24, 2.45) is 0 Å². The molecule has 0 spiro atoms. The highest BCUT2D eigenvalue weighted by Gasteiger charge is 2.26. The van der Waals surface area contributed by atoms with Gasteiger partial charge in [-0.15, -0.1) is 0 Å². The quantitative estimate of drug-likeness (QED) is 0.561. The summed E-state index contributed by atoms with van der Waals surface area (Å²) in [5, 5.41) is 0. The van der Waals surface area contributed by atoms with E-state index in [1.165, 1.54) is 70.9 Å². The molecule has 0 aromatic rings. The van der Waals surface area contributed by atoms with Crippen LogP contribution in [0.5, 0.6) is 0 Å². The Morgan fingerprint density at radius 3 is 1.54 bits per heavy atom. The van der Waals surface area contributed by atoms with Crippen LogP contribution >= 0.6 is 0 Å². The van der Waals surface area contributed by atoms with E-state index in [0.29, 0.717) is 0 Å². The number of hydrogen-bond acceptors (Lipinski definition) is 1. The van der Waals surface area contributed by atoms with Gasteiger partial charge in [-0.3, -0.25) is 4.90 Å². The lowest BCUT2D eigenvalue weighted by atomic mass is 9.97. The molecule has 0 amide bonds. The second-order valence-electron chi connectivity index (χ2n) is 4.74. The maximum atomic E-state index is 2.67. The van der Waals surface area contributed by atoms with Gasteiger partial charge in [0, 0.05) is 19.1 Å². The number of hydrogen-bond donors (Lipinski definition) is 0. The Morgan fingerprint density at radius 1 is 0.615 bits per heavy atom. The highest BCUT2D eigenvalue weighted by molar-refractivity contribution is 4.82. The van der Waals surface area contributed by atoms with Gasteiger partial charge in [0.2, 0.25) is 0 Å². The monoisotopic (exact) mass is 181 g/mol. The van der Waals surface area contributed by atoms with Crippen LogP contribution in [-0.4, -0.2) is 24.0 Å². The average Bonchev–Trinajstić information content (AvgIpc) is 2.97. The van der Waals surface area contributed by atoms with Gasteiger partial charge in [-0.2, -0.15) is 0 Å². The van der Waals surface area contributed by atoms with Crippen molar-refractivity contribution in [3.05, 3.63) is 0 Å². The summed E-state index contributed by atoms with van der Waals surface area (Å²) in [6.45, 7) is 2.79. The van der Waals surface area contributed by atoms with Gasteiger partial charge in [0.05, 0.1) is 0 Å². The molecular weight excluding hydrogens is 158 g/mol. The molecule has 1 heterocycles. The van der Waals surface area contributed by atoms with Crippen LogP contribution in [0.1, 0.15) is 57.8 Å². The summed E-state index contributed by atoms with van der Waals surface area (Å²) in [5.74, 6) is 0. The predicted molar refractivity (Wildman–Crippen MR) is 56.9 cm³/mol. The van der Waals surface area contributed by atoms with E-state index >= 15 is 0 Å². The van der Waals surface area contributed by atoms with E-state index in [1.54, 1.807) is 0 Å². The summed E-state index contributed by atoms with van der Waals surface area (Å²) in [6.07, 6.45) is 13.4. The van der Waals surface area contributed by atoms with Crippen LogP contribution in [0.3, 0.4) is 0 Å². The first-order chi connectivity index (χ1) is 6.47. The van der Waals surface area contributed by atoms with Crippen molar-refractivity contribution < 1.29 is 0 Å². The van der Waals surface area contributed by atoms with E-state index in [1.807, 2.05) is 0 Å². The zero-order valence-corrected chi connectivity index (χ0v) is 8.80. The highest BCUT2D eigenvalue weighted by Crippen LogP contribution is 2.24. The average molecular weight is 181 g/mol. The molecule has 0 atom stereocenters. The van der Waals surface area contributed by atoms with Crippen LogP contribution < -0.4 is 0 Å². The molecule has 0 aromatic carbocycles. The zero-order chi connectivity index (χ0) is 8.93. The minimum absolute atomic E-state index is 0.970. The van der Waals surface area contributed by atoms with Crippen molar-refractivity contribution in [2.75, 3.05) is 13.1 Å². The van der Waals surface area contributed by atoms with Crippen LogP contribution in [0, 0.1) is 0 Å². The van der Waals surface area contributed by atoms with Crippen molar-refractivity contribution >= 4 is 0 Å². The van der Waals surface area contributed by atoms with Crippen molar-refractivity contribution in [3.63, 3.8) is 0 Å². The van der Waals surface area contributed by atoms with Gasteiger partial charge in [0.1, 0.15) is 0 Å². The Morgan fingerprint density at radius 2 is 1.08 bits per heavy atom. The van der Waals surface area contributed by atoms with E-state index in [9.17, 15) is 0 Å². The Kier molecular flexibility index (Phi) is 3.65. The molecule has 1 saturated heterocycles. The molecule has 1 saturated carbocycles. The minimum Gasteiger partial charge on any atom is -0.298 e. The smallest absolute Gasteiger partial charge is 0.0113 e. The summed E-state index contributed by atoms with van der Waals surface area (Å²) >= 11 is 0. The predicted octanol–water partition coefficient (Wildman–Crippen LogP) is 3.20. The molecule has 76 valence electrons. The summed E-state index contributed by atoms with van der Waals surface area (Å²) in [7, 11) is 0. The Labute approximate surface area is 82.5 Å². The summed E-state index contributed by atoms with van der Waals surface area (Å²) < 4.78 is 0. The fourth-order valence-electron chi connectivity index (χ4n) is 2.58. The second kappa shape index (κ2) is 4.99. The Balaban J connectivity index is 1.72. The van der Waals surface area contributed by atoms with Crippen LogP contribution in [0.4, 0.5) is 0 Å². The van der Waals surface area contributed by atoms with E-state index < -0.39 is 0 Å². The standard InChI is InChI=1S/C12H23N/c1-2-4-6-8-12(13-10-11-13)9-7-5-3-1/h12H,1-11H2. The molecule has 0 bridgehead atoms. The van der Waals surface area contributed by atoms with Gasteiger partial charge in [0.15, 0.2) is 0 Å². The van der Waals surface area contributed by atoms with E-state index in [-0.39, 0.29) is 0 Å². The first-order valence-electron chi connectivity index (χ1n) is 6.21. The van der Waals surface area contributed by atoms with Gasteiger partial charge in [-0.1, -0.05) is 44.9 Å². The third kappa shape index (κ3) is 3.30. The van der Waals surface area contributed by atoms with Crippen LogP contribution in [-0.2, 0) is 0 Å². The van der Waals surface area contributed by atoms with E-state index in [2.05, 4.69) is 4.90 Å². The molecule has 0 unspecified atom stereocenters. The Hall–Kier alpha value is -0.0400. The lowest BCUT2D eigenvalue weighted by molar-refractivity contribution is 0.324. The van der Waals surface area contributed by atoms with Crippen molar-refractivity contribution in [3.8, 4) is 0 Å². The first kappa shape index (κ1) is 9.51. The molecule has 0 aromatic heterocycles. The molecule has 1 aliphatic heterocycles. The molecule has 2 aliphatic rings. The van der Waals surface area contributed by atoms with Gasteiger partial charge >= 0.3 is 0 Å². The first-order valence-corrected chi connectivity index (χ1v) is 6.21. The minimum atomic E-state index is 0.970. The van der Waals surface area contributed by atoms with E-state index in [0.717, 1.165) is 6.04 Å². The molecular formula is C12H23N. The van der Waals surface area contributed by atoms with Gasteiger partial charge < -0.3 is 0 Å². The number of rotatable bonds is 1. The molecule has 1 heteroatoms. The van der Waals surface area contributed by atoms with Gasteiger partial charge in [-0.05, 0) is 12.8 Å². The van der Waals surface area contributed by atoms with Crippen LogP contribution in [0.2, 0.25) is 0 Å². The fourth-order valence-corrected chi connectivity index (χ4v) is 2.58. The SMILES string of the molecule is C1CCCCC(N2CC2)CCCC1. The molecule has 1 aliphatic carbocycles.